The van der Waals surface area contributed by atoms with E-state index in [0.29, 0.717) is 31.9 Å². The Bertz CT molecular complexity index is 541. The fourth-order valence-corrected chi connectivity index (χ4v) is 2.04. The molecule has 0 aliphatic rings. The molecule has 1 aromatic carbocycles. The van der Waals surface area contributed by atoms with Gasteiger partial charge in [0.1, 0.15) is 5.75 Å². The van der Waals surface area contributed by atoms with Crippen molar-refractivity contribution in [1.82, 2.24) is 4.90 Å². The van der Waals surface area contributed by atoms with Crippen LogP contribution in [0.5, 0.6) is 5.75 Å². The first-order chi connectivity index (χ1) is 11.5. The van der Waals surface area contributed by atoms with Crippen LogP contribution in [0.4, 0.5) is 8.78 Å². The van der Waals surface area contributed by atoms with Gasteiger partial charge in [0.05, 0.1) is 25.9 Å². The number of carbonyl (C=O) groups excluding carboxylic acids is 1. The van der Waals surface area contributed by atoms with E-state index < -0.39 is 6.43 Å². The van der Waals surface area contributed by atoms with Crippen LogP contribution in [0.3, 0.4) is 0 Å². The Morgan fingerprint density at radius 3 is 2.29 bits per heavy atom. The Morgan fingerprint density at radius 2 is 1.79 bits per heavy atom. The second kappa shape index (κ2) is 10.7. The molecule has 0 aromatic heterocycles. The molecule has 0 saturated heterocycles. The second-order valence-electron chi connectivity index (χ2n) is 4.95. The van der Waals surface area contributed by atoms with Crippen LogP contribution in [0.2, 0.25) is 0 Å². The number of rotatable bonds is 10. The van der Waals surface area contributed by atoms with E-state index in [0.717, 1.165) is 0 Å². The first kappa shape index (κ1) is 20.1. The lowest BCUT2D eigenvalue weighted by Crippen LogP contribution is -2.35. The minimum Gasteiger partial charge on any atom is -0.496 e. The lowest BCUT2D eigenvalue weighted by Gasteiger charge is -2.20. The van der Waals surface area contributed by atoms with Crippen LogP contribution in [0.15, 0.2) is 24.3 Å². The quantitative estimate of drug-likeness (QED) is 0.613. The van der Waals surface area contributed by atoms with Crippen molar-refractivity contribution in [1.29, 1.82) is 0 Å². The number of halogens is 2. The molecule has 0 unspecified atom stereocenters. The monoisotopic (exact) mass is 343 g/mol. The molecule has 0 bridgehead atoms. The minimum absolute atomic E-state index is 0.121. The zero-order chi connectivity index (χ0) is 17.9. The van der Waals surface area contributed by atoms with E-state index in [1.807, 2.05) is 0 Å². The van der Waals surface area contributed by atoms with Gasteiger partial charge < -0.3 is 19.1 Å². The third-order valence-corrected chi connectivity index (χ3v) is 3.35. The van der Waals surface area contributed by atoms with E-state index in [1.54, 1.807) is 25.2 Å². The molecule has 0 atom stereocenters. The predicted octanol–water partition coefficient (Wildman–Crippen LogP) is 2.77. The Labute approximate surface area is 140 Å². The molecule has 0 saturated carbocycles. The zero-order valence-electron chi connectivity index (χ0n) is 14.1. The fourth-order valence-electron chi connectivity index (χ4n) is 2.04. The Kier molecular flexibility index (Phi) is 8.96. The van der Waals surface area contributed by atoms with Gasteiger partial charge in [-0.15, -0.1) is 0 Å². The summed E-state index contributed by atoms with van der Waals surface area (Å²) in [6.45, 7) is 1.66. The molecule has 0 aliphatic carbocycles. The molecule has 0 spiro atoms. The summed E-state index contributed by atoms with van der Waals surface area (Å²) in [4.78, 5) is 13.8. The van der Waals surface area contributed by atoms with Crippen LogP contribution < -0.4 is 4.74 Å². The molecular formula is C17H23F2NO4. The Hall–Kier alpha value is -1.99. The first-order valence-corrected chi connectivity index (χ1v) is 7.44. The van der Waals surface area contributed by atoms with Gasteiger partial charge >= 0.3 is 0 Å². The fraction of sp³-hybridized carbons (Fsp3) is 0.471. The average molecular weight is 343 g/mol. The van der Waals surface area contributed by atoms with Gasteiger partial charge in [0.15, 0.2) is 0 Å². The summed E-state index contributed by atoms with van der Waals surface area (Å²) in [7, 11) is 4.44. The molecular weight excluding hydrogens is 320 g/mol. The van der Waals surface area contributed by atoms with Crippen molar-refractivity contribution in [2.45, 2.75) is 6.43 Å². The summed E-state index contributed by atoms with van der Waals surface area (Å²) in [5, 5.41) is 0. The normalized spacial score (nSPS) is 11.2. The molecule has 134 valence electrons. The van der Waals surface area contributed by atoms with Gasteiger partial charge in [-0.2, -0.15) is 0 Å². The van der Waals surface area contributed by atoms with E-state index in [2.05, 4.69) is 0 Å². The lowest BCUT2D eigenvalue weighted by atomic mass is 10.1. The van der Waals surface area contributed by atoms with Gasteiger partial charge in [-0.1, -0.05) is 6.07 Å². The first-order valence-electron chi connectivity index (χ1n) is 7.44. The molecule has 1 rings (SSSR count). The molecule has 1 aromatic rings. The number of alkyl halides is 2. The molecule has 7 heteroatoms. The third-order valence-electron chi connectivity index (χ3n) is 3.35. The Balaban J connectivity index is 2.84. The number of hydrogen-bond acceptors (Lipinski definition) is 4. The average Bonchev–Trinajstić information content (AvgIpc) is 2.59. The van der Waals surface area contributed by atoms with Crippen molar-refractivity contribution in [3.8, 4) is 5.75 Å². The van der Waals surface area contributed by atoms with Gasteiger partial charge in [0.2, 0.25) is 5.91 Å². The highest BCUT2D eigenvalue weighted by Gasteiger charge is 2.14. The van der Waals surface area contributed by atoms with E-state index >= 15 is 0 Å². The van der Waals surface area contributed by atoms with Crippen LogP contribution in [0.25, 0.3) is 6.08 Å². The number of amides is 1. The molecule has 0 aliphatic heterocycles. The standard InChI is InChI=1S/C17H23F2NO4/c1-22-10-8-20(9-11-23-2)16(21)7-5-13-4-6-15(24-3)14(12-13)17(18)19/h4-7,12,17H,8-11H2,1-3H3. The summed E-state index contributed by atoms with van der Waals surface area (Å²) >= 11 is 0. The van der Waals surface area contributed by atoms with Crippen molar-refractivity contribution >= 4 is 12.0 Å². The maximum absolute atomic E-state index is 13.0. The largest absolute Gasteiger partial charge is 0.496 e. The number of benzene rings is 1. The van der Waals surface area contributed by atoms with Crippen LogP contribution >= 0.6 is 0 Å². The summed E-state index contributed by atoms with van der Waals surface area (Å²) in [6, 6.07) is 4.38. The second-order valence-corrected chi connectivity index (χ2v) is 4.95. The van der Waals surface area contributed by atoms with Crippen molar-refractivity contribution < 1.29 is 27.8 Å². The molecule has 0 fully saturated rings. The van der Waals surface area contributed by atoms with Crippen molar-refractivity contribution in [3.63, 3.8) is 0 Å². The highest BCUT2D eigenvalue weighted by Crippen LogP contribution is 2.30. The SMILES string of the molecule is COCCN(CCOC)C(=O)C=Cc1ccc(OC)c(C(F)F)c1. The molecule has 0 heterocycles. The topological polar surface area (TPSA) is 48.0 Å². The van der Waals surface area contributed by atoms with Crippen molar-refractivity contribution in [2.24, 2.45) is 0 Å². The highest BCUT2D eigenvalue weighted by molar-refractivity contribution is 5.91. The van der Waals surface area contributed by atoms with E-state index in [9.17, 15) is 13.6 Å². The van der Waals surface area contributed by atoms with Crippen molar-refractivity contribution in [2.75, 3.05) is 47.6 Å². The van der Waals surface area contributed by atoms with E-state index in [4.69, 9.17) is 14.2 Å². The zero-order valence-corrected chi connectivity index (χ0v) is 14.1. The van der Waals surface area contributed by atoms with Gasteiger partial charge in [0.25, 0.3) is 6.43 Å². The molecule has 0 N–H and O–H groups in total. The van der Waals surface area contributed by atoms with Crippen LogP contribution in [-0.2, 0) is 14.3 Å². The number of nitrogens with zero attached hydrogens (tertiary/aromatic N) is 1. The molecule has 1 amide bonds. The number of carbonyl (C=O) groups is 1. The lowest BCUT2D eigenvalue weighted by molar-refractivity contribution is -0.127. The summed E-state index contributed by atoms with van der Waals surface area (Å²) < 4.78 is 40.8. The smallest absolute Gasteiger partial charge is 0.267 e. The maximum Gasteiger partial charge on any atom is 0.267 e. The Morgan fingerprint density at radius 1 is 1.17 bits per heavy atom. The van der Waals surface area contributed by atoms with Crippen LogP contribution in [0, 0.1) is 0 Å². The molecule has 5 nitrogen and oxygen atoms in total. The van der Waals surface area contributed by atoms with Crippen molar-refractivity contribution in [3.05, 3.63) is 35.4 Å². The van der Waals surface area contributed by atoms with Gasteiger partial charge in [-0.3, -0.25) is 4.79 Å². The third kappa shape index (κ3) is 6.25. The number of hydrogen-bond donors (Lipinski definition) is 0. The van der Waals surface area contributed by atoms with E-state index in [-0.39, 0.29) is 17.2 Å². The molecule has 24 heavy (non-hydrogen) atoms. The number of ether oxygens (including phenoxy) is 3. The highest BCUT2D eigenvalue weighted by atomic mass is 19.3. The maximum atomic E-state index is 13.0. The number of methoxy groups -OCH3 is 3. The summed E-state index contributed by atoms with van der Waals surface area (Å²) in [5.74, 6) is -0.117. The van der Waals surface area contributed by atoms with Crippen LogP contribution in [0.1, 0.15) is 17.6 Å². The summed E-state index contributed by atoms with van der Waals surface area (Å²) in [5.41, 5.74) is 0.292. The van der Waals surface area contributed by atoms with Crippen LogP contribution in [-0.4, -0.2) is 58.4 Å². The molecule has 0 radical (unpaired) electrons. The predicted molar refractivity (Wildman–Crippen MR) is 87.3 cm³/mol. The summed E-state index contributed by atoms with van der Waals surface area (Å²) in [6.07, 6.45) is 0.201. The van der Waals surface area contributed by atoms with Gasteiger partial charge in [0, 0.05) is 33.4 Å². The van der Waals surface area contributed by atoms with E-state index in [1.165, 1.54) is 31.4 Å². The van der Waals surface area contributed by atoms with Gasteiger partial charge in [-0.05, 0) is 23.8 Å². The minimum atomic E-state index is -2.65. The van der Waals surface area contributed by atoms with Gasteiger partial charge in [-0.25, -0.2) is 8.78 Å².